The second kappa shape index (κ2) is 5.56. The average Bonchev–Trinajstić information content (AvgIpc) is 1.99. The Bertz CT molecular complexity index is 93.6. The lowest BCUT2D eigenvalue weighted by Gasteiger charge is -2.19. The van der Waals surface area contributed by atoms with Gasteiger partial charge in [0.25, 0.3) is 0 Å². The molecule has 0 spiro atoms. The molecule has 0 bridgehead atoms. The highest BCUT2D eigenvalue weighted by Gasteiger charge is 2.07. The lowest BCUT2D eigenvalue weighted by Crippen LogP contribution is -2.36. The van der Waals surface area contributed by atoms with Gasteiger partial charge >= 0.3 is 0 Å². The maximum Gasteiger partial charge on any atom is 0.0667 e. The van der Waals surface area contributed by atoms with Crippen LogP contribution in [0.25, 0.3) is 0 Å². The van der Waals surface area contributed by atoms with Gasteiger partial charge in [0, 0.05) is 19.7 Å². The summed E-state index contributed by atoms with van der Waals surface area (Å²) in [5.41, 5.74) is 0. The quantitative estimate of drug-likeness (QED) is 0.658. The third kappa shape index (κ3) is 5.22. The standard InChI is InChI=1S/C9H21NO/c1-7(2)9(4)10-6-8(3)11-5/h7-10H,6H2,1-5H3. The van der Waals surface area contributed by atoms with E-state index in [4.69, 9.17) is 4.74 Å². The summed E-state index contributed by atoms with van der Waals surface area (Å²) in [4.78, 5) is 0. The van der Waals surface area contributed by atoms with Crippen molar-refractivity contribution in [1.82, 2.24) is 5.32 Å². The first kappa shape index (κ1) is 10.9. The van der Waals surface area contributed by atoms with Crippen LogP contribution in [0.4, 0.5) is 0 Å². The Labute approximate surface area is 70.3 Å². The molecule has 11 heavy (non-hydrogen) atoms. The highest BCUT2D eigenvalue weighted by Crippen LogP contribution is 1.99. The number of ether oxygens (including phenoxy) is 1. The van der Waals surface area contributed by atoms with Crippen LogP contribution >= 0.6 is 0 Å². The molecule has 0 aliphatic carbocycles. The van der Waals surface area contributed by atoms with E-state index in [2.05, 4.69) is 33.0 Å². The summed E-state index contributed by atoms with van der Waals surface area (Å²) in [6, 6.07) is 0.576. The van der Waals surface area contributed by atoms with Gasteiger partial charge in [0.2, 0.25) is 0 Å². The fourth-order valence-corrected chi connectivity index (χ4v) is 0.671. The lowest BCUT2D eigenvalue weighted by molar-refractivity contribution is 0.113. The number of rotatable bonds is 5. The maximum absolute atomic E-state index is 5.12. The predicted molar refractivity (Wildman–Crippen MR) is 48.8 cm³/mol. The van der Waals surface area contributed by atoms with Gasteiger partial charge in [0.05, 0.1) is 6.10 Å². The van der Waals surface area contributed by atoms with E-state index in [1.165, 1.54) is 0 Å². The Balaban J connectivity index is 3.37. The van der Waals surface area contributed by atoms with Crippen molar-refractivity contribution in [3.05, 3.63) is 0 Å². The monoisotopic (exact) mass is 159 g/mol. The van der Waals surface area contributed by atoms with Crippen molar-refractivity contribution >= 4 is 0 Å². The summed E-state index contributed by atoms with van der Waals surface area (Å²) in [6.45, 7) is 9.65. The summed E-state index contributed by atoms with van der Waals surface area (Å²) in [5.74, 6) is 0.694. The van der Waals surface area contributed by atoms with Crippen LogP contribution in [0.1, 0.15) is 27.7 Å². The molecule has 2 unspecified atom stereocenters. The molecule has 2 heteroatoms. The van der Waals surface area contributed by atoms with E-state index in [0.29, 0.717) is 18.1 Å². The number of methoxy groups -OCH3 is 1. The molecule has 0 saturated heterocycles. The summed E-state index contributed by atoms with van der Waals surface area (Å²) in [7, 11) is 1.74. The van der Waals surface area contributed by atoms with Gasteiger partial charge in [-0.25, -0.2) is 0 Å². The number of hydrogen-bond acceptors (Lipinski definition) is 2. The van der Waals surface area contributed by atoms with Gasteiger partial charge in [0.15, 0.2) is 0 Å². The summed E-state index contributed by atoms with van der Waals surface area (Å²) in [6.07, 6.45) is 0.316. The van der Waals surface area contributed by atoms with Crippen molar-refractivity contribution in [1.29, 1.82) is 0 Å². The lowest BCUT2D eigenvalue weighted by atomic mass is 10.1. The van der Waals surface area contributed by atoms with Crippen molar-refractivity contribution in [2.45, 2.75) is 39.8 Å². The molecule has 0 heterocycles. The molecule has 1 N–H and O–H groups in total. The summed E-state index contributed by atoms with van der Waals surface area (Å²) >= 11 is 0. The van der Waals surface area contributed by atoms with Crippen LogP contribution in [0.15, 0.2) is 0 Å². The minimum absolute atomic E-state index is 0.316. The molecule has 0 amide bonds. The second-order valence-corrected chi connectivity index (χ2v) is 3.49. The Morgan fingerprint density at radius 2 is 1.73 bits per heavy atom. The minimum Gasteiger partial charge on any atom is -0.380 e. The number of hydrogen-bond donors (Lipinski definition) is 1. The zero-order chi connectivity index (χ0) is 8.85. The predicted octanol–water partition coefficient (Wildman–Crippen LogP) is 1.66. The Morgan fingerprint density at radius 3 is 2.09 bits per heavy atom. The van der Waals surface area contributed by atoms with E-state index in [1.807, 2.05) is 0 Å². The van der Waals surface area contributed by atoms with Crippen molar-refractivity contribution in [3.8, 4) is 0 Å². The van der Waals surface area contributed by atoms with E-state index < -0.39 is 0 Å². The SMILES string of the molecule is COC(C)CNC(C)C(C)C. The van der Waals surface area contributed by atoms with Gasteiger partial charge in [0.1, 0.15) is 0 Å². The third-order valence-electron chi connectivity index (χ3n) is 2.13. The molecule has 2 nitrogen and oxygen atoms in total. The first-order valence-electron chi connectivity index (χ1n) is 4.34. The molecule has 0 aliphatic heterocycles. The van der Waals surface area contributed by atoms with Crippen molar-refractivity contribution in [2.24, 2.45) is 5.92 Å². The van der Waals surface area contributed by atoms with Gasteiger partial charge in [-0.15, -0.1) is 0 Å². The third-order valence-corrected chi connectivity index (χ3v) is 2.13. The summed E-state index contributed by atoms with van der Waals surface area (Å²) in [5, 5.41) is 3.41. The Hall–Kier alpha value is -0.0800. The van der Waals surface area contributed by atoms with Crippen LogP contribution in [-0.4, -0.2) is 25.8 Å². The molecule has 0 fully saturated rings. The molecule has 0 aromatic heterocycles. The molecule has 0 aromatic carbocycles. The molecular formula is C9H21NO. The molecule has 68 valence electrons. The van der Waals surface area contributed by atoms with E-state index in [0.717, 1.165) is 6.54 Å². The van der Waals surface area contributed by atoms with Crippen LogP contribution < -0.4 is 5.32 Å². The minimum atomic E-state index is 0.316. The van der Waals surface area contributed by atoms with Gasteiger partial charge in [-0.1, -0.05) is 13.8 Å². The Morgan fingerprint density at radius 1 is 1.18 bits per heavy atom. The molecule has 0 aliphatic rings. The van der Waals surface area contributed by atoms with Crippen molar-refractivity contribution < 1.29 is 4.74 Å². The van der Waals surface area contributed by atoms with Crippen LogP contribution in [-0.2, 0) is 4.74 Å². The first-order chi connectivity index (χ1) is 5.07. The molecule has 0 radical (unpaired) electrons. The molecule has 0 aromatic rings. The average molecular weight is 159 g/mol. The second-order valence-electron chi connectivity index (χ2n) is 3.49. The van der Waals surface area contributed by atoms with Crippen LogP contribution in [0.3, 0.4) is 0 Å². The van der Waals surface area contributed by atoms with E-state index in [9.17, 15) is 0 Å². The zero-order valence-electron chi connectivity index (χ0n) is 8.35. The molecular weight excluding hydrogens is 138 g/mol. The van der Waals surface area contributed by atoms with Crippen molar-refractivity contribution in [2.75, 3.05) is 13.7 Å². The first-order valence-corrected chi connectivity index (χ1v) is 4.34. The fourth-order valence-electron chi connectivity index (χ4n) is 0.671. The normalized spacial score (nSPS) is 16.9. The topological polar surface area (TPSA) is 21.3 Å². The van der Waals surface area contributed by atoms with Gasteiger partial charge in [-0.2, -0.15) is 0 Å². The van der Waals surface area contributed by atoms with Crippen molar-refractivity contribution in [3.63, 3.8) is 0 Å². The maximum atomic E-state index is 5.12. The van der Waals surface area contributed by atoms with Gasteiger partial charge < -0.3 is 10.1 Å². The number of nitrogens with one attached hydrogen (secondary N) is 1. The smallest absolute Gasteiger partial charge is 0.0667 e. The zero-order valence-corrected chi connectivity index (χ0v) is 8.35. The summed E-state index contributed by atoms with van der Waals surface area (Å²) < 4.78 is 5.12. The van der Waals surface area contributed by atoms with Crippen LogP contribution in [0, 0.1) is 5.92 Å². The van der Waals surface area contributed by atoms with Crippen LogP contribution in [0.5, 0.6) is 0 Å². The highest BCUT2D eigenvalue weighted by atomic mass is 16.5. The largest absolute Gasteiger partial charge is 0.380 e. The van der Waals surface area contributed by atoms with E-state index in [1.54, 1.807) is 7.11 Å². The highest BCUT2D eigenvalue weighted by molar-refractivity contribution is 4.66. The van der Waals surface area contributed by atoms with E-state index >= 15 is 0 Å². The molecule has 0 saturated carbocycles. The van der Waals surface area contributed by atoms with E-state index in [-0.39, 0.29) is 0 Å². The molecule has 0 rings (SSSR count). The Kier molecular flexibility index (Phi) is 5.51. The fraction of sp³-hybridized carbons (Fsp3) is 1.00. The van der Waals surface area contributed by atoms with Gasteiger partial charge in [-0.3, -0.25) is 0 Å². The van der Waals surface area contributed by atoms with Crippen LogP contribution in [0.2, 0.25) is 0 Å². The van der Waals surface area contributed by atoms with Gasteiger partial charge in [-0.05, 0) is 19.8 Å². The molecule has 2 atom stereocenters.